The molecule has 22 heavy (non-hydrogen) atoms. The number of H-pyrrole nitrogens is 1. The number of nitrogens with zero attached hydrogens (tertiary/aromatic N) is 1. The van der Waals surface area contributed by atoms with Crippen LogP contribution in [0, 0.1) is 20.8 Å². The zero-order valence-electron chi connectivity index (χ0n) is 13.0. The van der Waals surface area contributed by atoms with E-state index in [-0.39, 0.29) is 5.91 Å². The van der Waals surface area contributed by atoms with Crippen LogP contribution in [0.4, 0.5) is 5.69 Å². The summed E-state index contributed by atoms with van der Waals surface area (Å²) in [6.45, 7) is 5.97. The summed E-state index contributed by atoms with van der Waals surface area (Å²) in [7, 11) is 0. The summed E-state index contributed by atoms with van der Waals surface area (Å²) in [4.78, 5) is 19.8. The van der Waals surface area contributed by atoms with Crippen molar-refractivity contribution in [2.24, 2.45) is 0 Å². The van der Waals surface area contributed by atoms with Crippen LogP contribution in [0.25, 0.3) is 11.0 Å². The first kappa shape index (κ1) is 14.3. The van der Waals surface area contributed by atoms with Crippen molar-refractivity contribution in [2.45, 2.75) is 27.2 Å². The molecule has 1 aromatic heterocycles. The Morgan fingerprint density at radius 1 is 1.09 bits per heavy atom. The van der Waals surface area contributed by atoms with Crippen molar-refractivity contribution in [2.75, 3.05) is 5.32 Å². The molecule has 3 rings (SSSR count). The van der Waals surface area contributed by atoms with Crippen LogP contribution >= 0.6 is 0 Å². The second-order valence-corrected chi connectivity index (χ2v) is 5.78. The molecule has 112 valence electrons. The molecule has 0 bridgehead atoms. The number of imidazole rings is 1. The Balaban J connectivity index is 1.74. The Kier molecular flexibility index (Phi) is 3.67. The van der Waals surface area contributed by atoms with E-state index in [0.717, 1.165) is 39.2 Å². The molecular formula is C18H19N3O. The molecule has 4 heteroatoms. The molecule has 0 saturated carbocycles. The maximum Gasteiger partial charge on any atom is 0.228 e. The first-order valence-corrected chi connectivity index (χ1v) is 7.33. The normalized spacial score (nSPS) is 10.9. The second-order valence-electron chi connectivity index (χ2n) is 5.78. The topological polar surface area (TPSA) is 57.8 Å². The van der Waals surface area contributed by atoms with E-state index in [2.05, 4.69) is 21.4 Å². The van der Waals surface area contributed by atoms with Gasteiger partial charge in [-0.15, -0.1) is 0 Å². The number of aryl methyl sites for hydroxylation is 3. The summed E-state index contributed by atoms with van der Waals surface area (Å²) in [5.74, 6) is 0.868. The summed E-state index contributed by atoms with van der Waals surface area (Å²) >= 11 is 0. The van der Waals surface area contributed by atoms with Gasteiger partial charge < -0.3 is 10.3 Å². The summed E-state index contributed by atoms with van der Waals surface area (Å²) in [5.41, 5.74) is 6.00. The lowest BCUT2D eigenvalue weighted by Gasteiger charge is -2.07. The van der Waals surface area contributed by atoms with Crippen LogP contribution in [-0.4, -0.2) is 15.9 Å². The summed E-state index contributed by atoms with van der Waals surface area (Å²) in [5, 5.41) is 2.96. The van der Waals surface area contributed by atoms with Gasteiger partial charge in [0.05, 0.1) is 17.5 Å². The number of carbonyl (C=O) groups excluding carboxylic acids is 1. The maximum absolute atomic E-state index is 12.2. The minimum Gasteiger partial charge on any atom is -0.342 e. The van der Waals surface area contributed by atoms with E-state index >= 15 is 0 Å². The lowest BCUT2D eigenvalue weighted by Crippen LogP contribution is -2.14. The minimum absolute atomic E-state index is 0.0133. The second kappa shape index (κ2) is 5.64. The van der Waals surface area contributed by atoms with Gasteiger partial charge in [0.2, 0.25) is 5.91 Å². The fourth-order valence-electron chi connectivity index (χ4n) is 2.73. The van der Waals surface area contributed by atoms with Crippen molar-refractivity contribution in [3.63, 3.8) is 0 Å². The summed E-state index contributed by atoms with van der Waals surface area (Å²) in [6, 6.07) is 11.9. The number of carbonyl (C=O) groups is 1. The predicted molar refractivity (Wildman–Crippen MR) is 89.1 cm³/mol. The zero-order chi connectivity index (χ0) is 15.7. The number of hydrogen-bond donors (Lipinski definition) is 2. The van der Waals surface area contributed by atoms with Crippen LogP contribution in [0.5, 0.6) is 0 Å². The SMILES string of the molecule is Cc1cc(C)cc(NC(=O)Cc2ccc3nc(C)[nH]c3c2)c1. The highest BCUT2D eigenvalue weighted by Gasteiger charge is 2.07. The zero-order valence-corrected chi connectivity index (χ0v) is 13.0. The van der Waals surface area contributed by atoms with Gasteiger partial charge >= 0.3 is 0 Å². The highest BCUT2D eigenvalue weighted by molar-refractivity contribution is 5.93. The van der Waals surface area contributed by atoms with Crippen LogP contribution < -0.4 is 5.32 Å². The van der Waals surface area contributed by atoms with Gasteiger partial charge in [-0.3, -0.25) is 4.79 Å². The third-order valence-corrected chi connectivity index (χ3v) is 3.53. The van der Waals surface area contributed by atoms with Gasteiger partial charge in [0.1, 0.15) is 5.82 Å². The van der Waals surface area contributed by atoms with Gasteiger partial charge in [-0.2, -0.15) is 0 Å². The number of aromatic nitrogens is 2. The van der Waals surface area contributed by atoms with Crippen LogP contribution in [0.3, 0.4) is 0 Å². The number of amides is 1. The molecule has 4 nitrogen and oxygen atoms in total. The molecule has 0 saturated heterocycles. The number of hydrogen-bond acceptors (Lipinski definition) is 2. The van der Waals surface area contributed by atoms with E-state index in [1.807, 2.05) is 51.1 Å². The maximum atomic E-state index is 12.2. The van der Waals surface area contributed by atoms with E-state index in [0.29, 0.717) is 6.42 Å². The average molecular weight is 293 g/mol. The Morgan fingerprint density at radius 2 is 1.82 bits per heavy atom. The van der Waals surface area contributed by atoms with Crippen molar-refractivity contribution in [3.8, 4) is 0 Å². The van der Waals surface area contributed by atoms with Crippen LogP contribution in [0.15, 0.2) is 36.4 Å². The van der Waals surface area contributed by atoms with Crippen molar-refractivity contribution < 1.29 is 4.79 Å². The molecule has 3 aromatic rings. The third-order valence-electron chi connectivity index (χ3n) is 3.53. The molecule has 0 radical (unpaired) electrons. The fraction of sp³-hybridized carbons (Fsp3) is 0.222. The standard InChI is InChI=1S/C18H19N3O/c1-11-6-12(2)8-15(7-11)21-18(22)10-14-4-5-16-17(9-14)20-13(3)19-16/h4-9H,10H2,1-3H3,(H,19,20)(H,21,22). The number of rotatable bonds is 3. The van der Waals surface area contributed by atoms with Gasteiger partial charge in [0.25, 0.3) is 0 Å². The fourth-order valence-corrected chi connectivity index (χ4v) is 2.73. The first-order chi connectivity index (χ1) is 10.5. The number of nitrogens with one attached hydrogen (secondary N) is 2. The minimum atomic E-state index is -0.0133. The van der Waals surface area contributed by atoms with Gasteiger partial charge in [-0.25, -0.2) is 4.98 Å². The Labute approximate surface area is 129 Å². The van der Waals surface area contributed by atoms with Crippen molar-refractivity contribution >= 4 is 22.6 Å². The molecule has 0 aliphatic carbocycles. The van der Waals surface area contributed by atoms with Gasteiger partial charge in [-0.05, 0) is 61.7 Å². The molecule has 0 aliphatic heterocycles. The molecule has 2 aromatic carbocycles. The van der Waals surface area contributed by atoms with E-state index in [1.54, 1.807) is 0 Å². The molecule has 0 aliphatic rings. The quantitative estimate of drug-likeness (QED) is 0.774. The monoisotopic (exact) mass is 293 g/mol. The highest BCUT2D eigenvalue weighted by atomic mass is 16.1. The van der Waals surface area contributed by atoms with E-state index < -0.39 is 0 Å². The van der Waals surface area contributed by atoms with Gasteiger partial charge in [-0.1, -0.05) is 12.1 Å². The first-order valence-electron chi connectivity index (χ1n) is 7.33. The molecule has 1 heterocycles. The molecule has 1 amide bonds. The molecule has 0 unspecified atom stereocenters. The lowest BCUT2D eigenvalue weighted by molar-refractivity contribution is -0.115. The van der Waals surface area contributed by atoms with Gasteiger partial charge in [0.15, 0.2) is 0 Å². The molecule has 0 spiro atoms. The number of benzene rings is 2. The van der Waals surface area contributed by atoms with Crippen LogP contribution in [0.2, 0.25) is 0 Å². The summed E-state index contributed by atoms with van der Waals surface area (Å²) < 4.78 is 0. The molecular weight excluding hydrogens is 274 g/mol. The van der Waals surface area contributed by atoms with E-state index in [4.69, 9.17) is 0 Å². The van der Waals surface area contributed by atoms with E-state index in [9.17, 15) is 4.79 Å². The lowest BCUT2D eigenvalue weighted by atomic mass is 10.1. The number of anilines is 1. The highest BCUT2D eigenvalue weighted by Crippen LogP contribution is 2.16. The number of fused-ring (bicyclic) bond motifs is 1. The largest absolute Gasteiger partial charge is 0.342 e. The van der Waals surface area contributed by atoms with Crippen molar-refractivity contribution in [3.05, 3.63) is 58.9 Å². The predicted octanol–water partition coefficient (Wildman–Crippen LogP) is 3.67. The van der Waals surface area contributed by atoms with Crippen molar-refractivity contribution in [1.82, 2.24) is 9.97 Å². The Hall–Kier alpha value is -2.62. The molecule has 2 N–H and O–H groups in total. The van der Waals surface area contributed by atoms with Crippen molar-refractivity contribution in [1.29, 1.82) is 0 Å². The number of aromatic amines is 1. The average Bonchev–Trinajstić information content (AvgIpc) is 2.76. The molecule has 0 atom stereocenters. The Bertz CT molecular complexity index is 828. The smallest absolute Gasteiger partial charge is 0.228 e. The molecule has 0 fully saturated rings. The Morgan fingerprint density at radius 3 is 2.55 bits per heavy atom. The van der Waals surface area contributed by atoms with E-state index in [1.165, 1.54) is 0 Å². The van der Waals surface area contributed by atoms with Gasteiger partial charge in [0, 0.05) is 5.69 Å². The van der Waals surface area contributed by atoms with Crippen LogP contribution in [-0.2, 0) is 11.2 Å². The summed E-state index contributed by atoms with van der Waals surface area (Å²) in [6.07, 6.45) is 0.348. The van der Waals surface area contributed by atoms with Crippen LogP contribution in [0.1, 0.15) is 22.5 Å². The third kappa shape index (κ3) is 3.17.